The zero-order valence-electron chi connectivity index (χ0n) is 12.9. The van der Waals surface area contributed by atoms with Crippen LogP contribution in [0, 0.1) is 17.0 Å². The standard InChI is InChI=1S/C16H13N3O4S/c1-9-7-10(3-5-13(9)19(21)22)15(20)18-16-17-12-8-11(23-2)4-6-14(12)24-16/h3-8H,1-2H3,(H,17,18,20). The van der Waals surface area contributed by atoms with E-state index in [-0.39, 0.29) is 11.6 Å². The fourth-order valence-corrected chi connectivity index (χ4v) is 3.10. The molecule has 0 fully saturated rings. The Kier molecular flexibility index (Phi) is 4.13. The Hall–Kier alpha value is -3.00. The van der Waals surface area contributed by atoms with Crippen LogP contribution in [0.15, 0.2) is 36.4 Å². The van der Waals surface area contributed by atoms with Gasteiger partial charge in [-0.25, -0.2) is 4.98 Å². The summed E-state index contributed by atoms with van der Waals surface area (Å²) in [4.78, 5) is 27.0. The first-order chi connectivity index (χ1) is 11.5. The Labute approximate surface area is 141 Å². The van der Waals surface area contributed by atoms with E-state index >= 15 is 0 Å². The molecule has 1 heterocycles. The van der Waals surface area contributed by atoms with Crippen molar-refractivity contribution in [2.24, 2.45) is 0 Å². The number of anilines is 1. The predicted octanol–water partition coefficient (Wildman–Crippen LogP) is 3.77. The summed E-state index contributed by atoms with van der Waals surface area (Å²) in [5.41, 5.74) is 1.49. The zero-order chi connectivity index (χ0) is 17.3. The number of amides is 1. The molecule has 0 spiro atoms. The lowest BCUT2D eigenvalue weighted by atomic mass is 10.1. The molecule has 3 aromatic rings. The molecular formula is C16H13N3O4S. The van der Waals surface area contributed by atoms with Gasteiger partial charge in [0.05, 0.1) is 22.2 Å². The van der Waals surface area contributed by atoms with Gasteiger partial charge >= 0.3 is 0 Å². The maximum Gasteiger partial charge on any atom is 0.272 e. The monoisotopic (exact) mass is 343 g/mol. The molecule has 0 aliphatic heterocycles. The molecule has 0 unspecified atom stereocenters. The average Bonchev–Trinajstić information content (AvgIpc) is 2.95. The fraction of sp³-hybridized carbons (Fsp3) is 0.125. The number of nitrogens with zero attached hydrogens (tertiary/aromatic N) is 2. The van der Waals surface area contributed by atoms with Gasteiger partial charge in [0.1, 0.15) is 5.75 Å². The number of hydrogen-bond acceptors (Lipinski definition) is 6. The summed E-state index contributed by atoms with van der Waals surface area (Å²) in [6, 6.07) is 9.73. The molecule has 0 aliphatic rings. The van der Waals surface area contributed by atoms with Crippen molar-refractivity contribution >= 4 is 38.3 Å². The fourth-order valence-electron chi connectivity index (χ4n) is 2.26. The Balaban J connectivity index is 1.84. The smallest absolute Gasteiger partial charge is 0.272 e. The first-order valence-corrected chi connectivity index (χ1v) is 7.80. The first kappa shape index (κ1) is 15.9. The van der Waals surface area contributed by atoms with E-state index in [1.54, 1.807) is 20.1 Å². The second-order valence-electron chi connectivity index (χ2n) is 5.07. The minimum atomic E-state index is -0.474. The van der Waals surface area contributed by atoms with Crippen molar-refractivity contribution in [3.05, 3.63) is 57.6 Å². The van der Waals surface area contributed by atoms with Crippen LogP contribution >= 0.6 is 11.3 Å². The van der Waals surface area contributed by atoms with Crippen LogP contribution in [-0.2, 0) is 0 Å². The number of aromatic nitrogens is 1. The molecule has 3 rings (SSSR count). The van der Waals surface area contributed by atoms with Gasteiger partial charge in [-0.05, 0) is 31.2 Å². The molecule has 0 bridgehead atoms. The number of carbonyl (C=O) groups is 1. The molecule has 0 saturated heterocycles. The Morgan fingerprint density at radius 3 is 2.75 bits per heavy atom. The maximum absolute atomic E-state index is 12.3. The molecule has 0 aliphatic carbocycles. The second kappa shape index (κ2) is 6.25. The third kappa shape index (κ3) is 3.04. The topological polar surface area (TPSA) is 94.4 Å². The van der Waals surface area contributed by atoms with Crippen LogP contribution in [0.4, 0.5) is 10.8 Å². The number of rotatable bonds is 4. The van der Waals surface area contributed by atoms with Crippen molar-refractivity contribution in [1.29, 1.82) is 0 Å². The lowest BCUT2D eigenvalue weighted by Crippen LogP contribution is -2.12. The number of nitro benzene ring substituents is 1. The summed E-state index contributed by atoms with van der Waals surface area (Å²) in [6.45, 7) is 1.60. The highest BCUT2D eigenvalue weighted by atomic mass is 32.1. The second-order valence-corrected chi connectivity index (χ2v) is 6.10. The number of thiazole rings is 1. The third-order valence-corrected chi connectivity index (χ3v) is 4.42. The van der Waals surface area contributed by atoms with E-state index < -0.39 is 4.92 Å². The summed E-state index contributed by atoms with van der Waals surface area (Å²) in [6.07, 6.45) is 0. The summed E-state index contributed by atoms with van der Waals surface area (Å²) >= 11 is 1.34. The minimum absolute atomic E-state index is 0.0152. The molecule has 8 heteroatoms. The molecule has 24 heavy (non-hydrogen) atoms. The number of aryl methyl sites for hydroxylation is 1. The van der Waals surface area contributed by atoms with Crippen LogP contribution < -0.4 is 10.1 Å². The number of carbonyl (C=O) groups excluding carboxylic acids is 1. The van der Waals surface area contributed by atoms with Gasteiger partial charge in [0.25, 0.3) is 11.6 Å². The van der Waals surface area contributed by atoms with E-state index in [1.165, 1.54) is 29.5 Å². The SMILES string of the molecule is COc1ccc2sc(NC(=O)c3ccc([N+](=O)[O-])c(C)c3)nc2c1. The van der Waals surface area contributed by atoms with Gasteiger partial charge in [-0.3, -0.25) is 20.2 Å². The molecule has 0 atom stereocenters. The lowest BCUT2D eigenvalue weighted by molar-refractivity contribution is -0.385. The highest BCUT2D eigenvalue weighted by molar-refractivity contribution is 7.22. The lowest BCUT2D eigenvalue weighted by Gasteiger charge is -2.03. The van der Waals surface area contributed by atoms with E-state index in [9.17, 15) is 14.9 Å². The Morgan fingerprint density at radius 2 is 2.08 bits per heavy atom. The van der Waals surface area contributed by atoms with Crippen molar-refractivity contribution in [3.8, 4) is 5.75 Å². The predicted molar refractivity (Wildman–Crippen MR) is 92.0 cm³/mol. The molecule has 2 aromatic carbocycles. The van der Waals surface area contributed by atoms with Gasteiger partial charge in [-0.15, -0.1) is 0 Å². The molecular weight excluding hydrogens is 330 g/mol. The molecule has 122 valence electrons. The highest BCUT2D eigenvalue weighted by Gasteiger charge is 2.15. The number of ether oxygens (including phenoxy) is 1. The number of methoxy groups -OCH3 is 1. The third-order valence-electron chi connectivity index (χ3n) is 3.47. The van der Waals surface area contributed by atoms with Crippen molar-refractivity contribution in [3.63, 3.8) is 0 Å². The average molecular weight is 343 g/mol. The largest absolute Gasteiger partial charge is 0.497 e. The van der Waals surface area contributed by atoms with Crippen molar-refractivity contribution in [2.45, 2.75) is 6.92 Å². The van der Waals surface area contributed by atoms with Gasteiger partial charge in [0.2, 0.25) is 0 Å². The van der Waals surface area contributed by atoms with Crippen molar-refractivity contribution < 1.29 is 14.5 Å². The van der Waals surface area contributed by atoms with Crippen LogP contribution in [0.25, 0.3) is 10.2 Å². The van der Waals surface area contributed by atoms with Crippen molar-refractivity contribution in [2.75, 3.05) is 12.4 Å². The molecule has 7 nitrogen and oxygen atoms in total. The van der Waals surface area contributed by atoms with Crippen LogP contribution in [0.2, 0.25) is 0 Å². The zero-order valence-corrected chi connectivity index (χ0v) is 13.7. The van der Waals surface area contributed by atoms with Gasteiger partial charge < -0.3 is 4.74 Å². The van der Waals surface area contributed by atoms with Crippen LogP contribution in [-0.4, -0.2) is 22.9 Å². The molecule has 1 amide bonds. The van der Waals surface area contributed by atoms with Gasteiger partial charge in [0.15, 0.2) is 5.13 Å². The summed E-state index contributed by atoms with van der Waals surface area (Å²) in [7, 11) is 1.58. The summed E-state index contributed by atoms with van der Waals surface area (Å²) in [5, 5.41) is 14.0. The number of hydrogen-bond donors (Lipinski definition) is 1. The van der Waals surface area contributed by atoms with Gasteiger partial charge in [-0.2, -0.15) is 0 Å². The van der Waals surface area contributed by atoms with E-state index in [1.807, 2.05) is 12.1 Å². The summed E-state index contributed by atoms with van der Waals surface area (Å²) in [5.74, 6) is 0.329. The number of nitro groups is 1. The van der Waals surface area contributed by atoms with E-state index in [0.29, 0.717) is 22.0 Å². The number of nitrogens with one attached hydrogen (secondary N) is 1. The molecule has 0 saturated carbocycles. The Bertz CT molecular complexity index is 952. The maximum atomic E-state index is 12.3. The van der Waals surface area contributed by atoms with Gasteiger partial charge in [0, 0.05) is 23.3 Å². The molecule has 0 radical (unpaired) electrons. The van der Waals surface area contributed by atoms with E-state index in [0.717, 1.165) is 10.2 Å². The molecule has 1 N–H and O–H groups in total. The summed E-state index contributed by atoms with van der Waals surface area (Å²) < 4.78 is 6.07. The van der Waals surface area contributed by atoms with Crippen molar-refractivity contribution in [1.82, 2.24) is 4.98 Å². The van der Waals surface area contributed by atoms with Crippen LogP contribution in [0.1, 0.15) is 15.9 Å². The first-order valence-electron chi connectivity index (χ1n) is 6.99. The van der Waals surface area contributed by atoms with E-state index in [2.05, 4.69) is 10.3 Å². The minimum Gasteiger partial charge on any atom is -0.497 e. The molecule has 1 aromatic heterocycles. The highest BCUT2D eigenvalue weighted by Crippen LogP contribution is 2.29. The van der Waals surface area contributed by atoms with Gasteiger partial charge in [-0.1, -0.05) is 11.3 Å². The number of benzene rings is 2. The van der Waals surface area contributed by atoms with E-state index in [4.69, 9.17) is 4.74 Å². The van der Waals surface area contributed by atoms with Crippen LogP contribution in [0.3, 0.4) is 0 Å². The van der Waals surface area contributed by atoms with Crippen LogP contribution in [0.5, 0.6) is 5.75 Å². The normalized spacial score (nSPS) is 10.6. The Morgan fingerprint density at radius 1 is 1.29 bits per heavy atom. The number of fused-ring (bicyclic) bond motifs is 1. The quantitative estimate of drug-likeness (QED) is 0.575.